The Morgan fingerprint density at radius 1 is 1.17 bits per heavy atom. The molecule has 0 saturated carbocycles. The monoisotopic (exact) mass is 313 g/mol. The Morgan fingerprint density at radius 3 is 2.52 bits per heavy atom. The van der Waals surface area contributed by atoms with E-state index in [9.17, 15) is 4.79 Å². The van der Waals surface area contributed by atoms with Crippen molar-refractivity contribution in [2.75, 3.05) is 36.4 Å². The molecule has 2 heterocycles. The SMILES string of the molecule is Cc1cccc(NC(=O)N2CCN(c3c(C)n[nH]c3C)CC2)c1. The van der Waals surface area contributed by atoms with Gasteiger partial charge in [0.25, 0.3) is 0 Å². The molecule has 6 nitrogen and oxygen atoms in total. The predicted octanol–water partition coefficient (Wildman–Crippen LogP) is 2.69. The fraction of sp³-hybridized carbons (Fsp3) is 0.412. The minimum Gasteiger partial charge on any atom is -0.365 e. The number of amides is 2. The van der Waals surface area contributed by atoms with Crippen molar-refractivity contribution in [3.8, 4) is 0 Å². The van der Waals surface area contributed by atoms with Gasteiger partial charge in [-0.05, 0) is 38.5 Å². The van der Waals surface area contributed by atoms with Crippen molar-refractivity contribution in [1.29, 1.82) is 0 Å². The lowest BCUT2D eigenvalue weighted by Crippen LogP contribution is -2.50. The molecule has 3 rings (SSSR count). The van der Waals surface area contributed by atoms with Crippen molar-refractivity contribution < 1.29 is 4.79 Å². The maximum absolute atomic E-state index is 12.4. The van der Waals surface area contributed by atoms with Crippen LogP contribution in [0.15, 0.2) is 24.3 Å². The molecule has 6 heteroatoms. The molecule has 122 valence electrons. The van der Waals surface area contributed by atoms with Gasteiger partial charge in [-0.1, -0.05) is 12.1 Å². The van der Waals surface area contributed by atoms with E-state index < -0.39 is 0 Å². The highest BCUT2D eigenvalue weighted by Crippen LogP contribution is 2.23. The molecular formula is C17H23N5O. The highest BCUT2D eigenvalue weighted by molar-refractivity contribution is 5.89. The van der Waals surface area contributed by atoms with Crippen LogP contribution in [0.25, 0.3) is 0 Å². The molecule has 0 spiro atoms. The maximum atomic E-state index is 12.4. The van der Waals surface area contributed by atoms with E-state index >= 15 is 0 Å². The van der Waals surface area contributed by atoms with E-state index in [2.05, 4.69) is 20.4 Å². The number of urea groups is 1. The van der Waals surface area contributed by atoms with E-state index in [0.717, 1.165) is 35.7 Å². The quantitative estimate of drug-likeness (QED) is 0.896. The number of H-pyrrole nitrogens is 1. The van der Waals surface area contributed by atoms with Gasteiger partial charge < -0.3 is 15.1 Å². The van der Waals surface area contributed by atoms with Gasteiger partial charge in [0, 0.05) is 31.9 Å². The zero-order valence-electron chi connectivity index (χ0n) is 13.9. The number of carbonyl (C=O) groups is 1. The van der Waals surface area contributed by atoms with E-state index in [1.54, 1.807) is 0 Å². The third kappa shape index (κ3) is 3.31. The summed E-state index contributed by atoms with van der Waals surface area (Å²) in [7, 11) is 0. The van der Waals surface area contributed by atoms with Crippen LogP contribution in [0, 0.1) is 20.8 Å². The van der Waals surface area contributed by atoms with Crippen molar-refractivity contribution >= 4 is 17.4 Å². The van der Waals surface area contributed by atoms with Crippen LogP contribution < -0.4 is 10.2 Å². The summed E-state index contributed by atoms with van der Waals surface area (Å²) in [5.41, 5.74) is 5.25. The van der Waals surface area contributed by atoms with Crippen LogP contribution in [-0.2, 0) is 0 Å². The molecule has 0 radical (unpaired) electrons. The standard InChI is InChI=1S/C17H23N5O/c1-12-5-4-6-15(11-12)18-17(23)22-9-7-21(8-10-22)16-13(2)19-20-14(16)3/h4-6,11H,7-10H2,1-3H3,(H,18,23)(H,19,20). The number of anilines is 2. The first-order valence-corrected chi connectivity index (χ1v) is 7.93. The summed E-state index contributed by atoms with van der Waals surface area (Å²) in [6, 6.07) is 7.83. The number of hydrogen-bond donors (Lipinski definition) is 2. The number of aromatic nitrogens is 2. The van der Waals surface area contributed by atoms with Gasteiger partial charge in [0.15, 0.2) is 0 Å². The molecule has 2 N–H and O–H groups in total. The molecule has 0 aliphatic carbocycles. The van der Waals surface area contributed by atoms with Gasteiger partial charge in [0.05, 0.1) is 17.1 Å². The largest absolute Gasteiger partial charge is 0.365 e. The third-order valence-corrected chi connectivity index (χ3v) is 4.24. The maximum Gasteiger partial charge on any atom is 0.321 e. The second-order valence-corrected chi connectivity index (χ2v) is 6.06. The molecule has 2 amide bonds. The van der Waals surface area contributed by atoms with Gasteiger partial charge in [-0.25, -0.2) is 4.79 Å². The van der Waals surface area contributed by atoms with Gasteiger partial charge in [0.1, 0.15) is 0 Å². The minimum atomic E-state index is -0.0316. The first-order chi connectivity index (χ1) is 11.0. The van der Waals surface area contributed by atoms with Gasteiger partial charge in [-0.3, -0.25) is 5.10 Å². The summed E-state index contributed by atoms with van der Waals surface area (Å²) in [6.07, 6.45) is 0. The molecule has 23 heavy (non-hydrogen) atoms. The number of carbonyl (C=O) groups excluding carboxylic acids is 1. The van der Waals surface area contributed by atoms with Crippen molar-refractivity contribution in [2.24, 2.45) is 0 Å². The topological polar surface area (TPSA) is 64.3 Å². The number of aromatic amines is 1. The zero-order chi connectivity index (χ0) is 16.4. The van der Waals surface area contributed by atoms with Crippen molar-refractivity contribution in [1.82, 2.24) is 15.1 Å². The van der Waals surface area contributed by atoms with Crippen LogP contribution in [0.3, 0.4) is 0 Å². The second kappa shape index (κ2) is 6.32. The van der Waals surface area contributed by atoms with E-state index in [-0.39, 0.29) is 6.03 Å². The molecule has 1 fully saturated rings. The number of aryl methyl sites for hydroxylation is 3. The Kier molecular flexibility index (Phi) is 4.23. The molecule has 1 aliphatic rings. The molecule has 0 unspecified atom stereocenters. The summed E-state index contributed by atoms with van der Waals surface area (Å²) in [5.74, 6) is 0. The fourth-order valence-corrected chi connectivity index (χ4v) is 3.07. The van der Waals surface area contributed by atoms with Crippen molar-refractivity contribution in [3.05, 3.63) is 41.2 Å². The number of nitrogens with one attached hydrogen (secondary N) is 2. The summed E-state index contributed by atoms with van der Waals surface area (Å²) in [6.45, 7) is 9.13. The number of nitrogens with zero attached hydrogens (tertiary/aromatic N) is 3. The highest BCUT2D eigenvalue weighted by Gasteiger charge is 2.24. The average molecular weight is 313 g/mol. The number of benzene rings is 1. The van der Waals surface area contributed by atoms with Crippen LogP contribution in [-0.4, -0.2) is 47.3 Å². The lowest BCUT2D eigenvalue weighted by atomic mass is 10.2. The van der Waals surface area contributed by atoms with Gasteiger partial charge in [-0.2, -0.15) is 5.10 Å². The van der Waals surface area contributed by atoms with Gasteiger partial charge in [0.2, 0.25) is 0 Å². The van der Waals surface area contributed by atoms with Gasteiger partial charge in [-0.15, -0.1) is 0 Å². The van der Waals surface area contributed by atoms with Gasteiger partial charge >= 0.3 is 6.03 Å². The van der Waals surface area contributed by atoms with E-state index in [4.69, 9.17) is 0 Å². The molecule has 1 saturated heterocycles. The van der Waals surface area contributed by atoms with Crippen LogP contribution >= 0.6 is 0 Å². The average Bonchev–Trinajstić information content (AvgIpc) is 2.86. The van der Waals surface area contributed by atoms with Crippen molar-refractivity contribution in [2.45, 2.75) is 20.8 Å². The Labute approximate surface area is 136 Å². The number of rotatable bonds is 2. The minimum absolute atomic E-state index is 0.0316. The van der Waals surface area contributed by atoms with Crippen LogP contribution in [0.1, 0.15) is 17.0 Å². The first kappa shape index (κ1) is 15.4. The Hall–Kier alpha value is -2.50. The second-order valence-electron chi connectivity index (χ2n) is 6.06. The van der Waals surface area contributed by atoms with E-state index in [1.807, 2.05) is 49.9 Å². The van der Waals surface area contributed by atoms with Crippen molar-refractivity contribution in [3.63, 3.8) is 0 Å². The normalized spacial score (nSPS) is 14.9. The third-order valence-electron chi connectivity index (χ3n) is 4.24. The molecule has 1 aliphatic heterocycles. The summed E-state index contributed by atoms with van der Waals surface area (Å²) < 4.78 is 0. The Bertz CT molecular complexity index is 681. The van der Waals surface area contributed by atoms with Crippen LogP contribution in [0.2, 0.25) is 0 Å². The molecular weight excluding hydrogens is 290 g/mol. The molecule has 1 aromatic carbocycles. The summed E-state index contributed by atoms with van der Waals surface area (Å²) >= 11 is 0. The van der Waals surface area contributed by atoms with Crippen LogP contribution in [0.5, 0.6) is 0 Å². The zero-order valence-corrected chi connectivity index (χ0v) is 13.9. The van der Waals surface area contributed by atoms with E-state index in [0.29, 0.717) is 13.1 Å². The summed E-state index contributed by atoms with van der Waals surface area (Å²) in [5, 5.41) is 10.2. The molecule has 1 aromatic heterocycles. The highest BCUT2D eigenvalue weighted by atomic mass is 16.2. The fourth-order valence-electron chi connectivity index (χ4n) is 3.07. The molecule has 2 aromatic rings. The Morgan fingerprint density at radius 2 is 1.91 bits per heavy atom. The molecule has 0 atom stereocenters. The number of hydrogen-bond acceptors (Lipinski definition) is 3. The first-order valence-electron chi connectivity index (χ1n) is 7.93. The molecule has 0 bridgehead atoms. The predicted molar refractivity (Wildman–Crippen MR) is 92.0 cm³/mol. The van der Waals surface area contributed by atoms with Crippen LogP contribution in [0.4, 0.5) is 16.2 Å². The number of piperazine rings is 1. The Balaban J connectivity index is 1.59. The lowest BCUT2D eigenvalue weighted by Gasteiger charge is -2.36. The summed E-state index contributed by atoms with van der Waals surface area (Å²) in [4.78, 5) is 16.5. The van der Waals surface area contributed by atoms with E-state index in [1.165, 1.54) is 5.69 Å². The smallest absolute Gasteiger partial charge is 0.321 e. The lowest BCUT2D eigenvalue weighted by molar-refractivity contribution is 0.208.